The third kappa shape index (κ3) is 7.99. The third-order valence-electron chi connectivity index (χ3n) is 4.98. The molecule has 1 N–H and O–H groups in total. The second-order valence-electron chi connectivity index (χ2n) is 8.19. The average Bonchev–Trinajstić information content (AvgIpc) is 3.19. The lowest BCUT2D eigenvalue weighted by molar-refractivity contribution is -0.0910. The van der Waals surface area contributed by atoms with Crippen LogP contribution in [0.1, 0.15) is 40.0 Å². The molecule has 0 atom stereocenters. The van der Waals surface area contributed by atoms with Gasteiger partial charge in [0, 0.05) is 35.5 Å². The predicted molar refractivity (Wildman–Crippen MR) is 135 cm³/mol. The fourth-order valence-electron chi connectivity index (χ4n) is 3.10. The molecule has 2 aromatic rings. The zero-order chi connectivity index (χ0) is 26.1. The fraction of sp³-hybridized carbons (Fsp3) is 0.346. The maximum Gasteiger partial charge on any atom is 0.420 e. The summed E-state index contributed by atoms with van der Waals surface area (Å²) >= 11 is 1.25. The number of alkyl halides is 3. The Labute approximate surface area is 212 Å². The highest BCUT2D eigenvalue weighted by molar-refractivity contribution is 7.14. The summed E-state index contributed by atoms with van der Waals surface area (Å²) in [5.74, 6) is 4.91. The smallest absolute Gasteiger partial charge is 0.420 e. The van der Waals surface area contributed by atoms with Gasteiger partial charge in [-0.15, -0.1) is 11.3 Å². The summed E-state index contributed by atoms with van der Waals surface area (Å²) in [6.45, 7) is 6.00. The molecule has 1 aliphatic rings. The van der Waals surface area contributed by atoms with Gasteiger partial charge in [-0.25, -0.2) is 15.0 Å². The van der Waals surface area contributed by atoms with E-state index in [1.165, 1.54) is 24.0 Å². The first-order chi connectivity index (χ1) is 17.2. The van der Waals surface area contributed by atoms with E-state index in [4.69, 9.17) is 9.47 Å². The first-order valence-electron chi connectivity index (χ1n) is 11.2. The number of anilines is 1. The standard InChI is InChI=1S/C26H27F3N4O2S/c1-17(2)7-5-8-18(3)11-12-35-23-10-6-9-20(13-21(23)26(27,28)29)32-25-33-22(16-36-25)19-14-30-24(34-4)31-15-19/h7,11,13-16H,5,8-9,12H2,1-4H3,(H,32,33)/b18-11+. The Morgan fingerprint density at radius 2 is 1.94 bits per heavy atom. The van der Waals surface area contributed by atoms with Crippen LogP contribution < -0.4 is 10.1 Å². The van der Waals surface area contributed by atoms with Crippen LogP contribution in [0.3, 0.4) is 0 Å². The van der Waals surface area contributed by atoms with E-state index >= 15 is 0 Å². The second kappa shape index (κ2) is 12.4. The molecule has 0 saturated heterocycles. The lowest BCUT2D eigenvalue weighted by atomic mass is 10.1. The zero-order valence-electron chi connectivity index (χ0n) is 20.5. The molecule has 3 rings (SSSR count). The Kier molecular flexibility index (Phi) is 9.31. The van der Waals surface area contributed by atoms with Crippen molar-refractivity contribution < 1.29 is 22.6 Å². The number of methoxy groups -OCH3 is 1. The number of rotatable bonds is 10. The highest BCUT2D eigenvalue weighted by Gasteiger charge is 2.36. The number of thiazole rings is 1. The summed E-state index contributed by atoms with van der Waals surface area (Å²) in [5, 5.41) is 5.14. The molecule has 0 bridgehead atoms. The number of nitrogens with one attached hydrogen (secondary N) is 1. The van der Waals surface area contributed by atoms with Gasteiger partial charge in [-0.2, -0.15) is 13.2 Å². The minimum Gasteiger partial charge on any atom is -0.481 e. The SMILES string of the molecule is COc1ncc(-c2csc(NC3=CC(C(F)(F)F)=C(OC/C=C(\C)CCC=C(C)C)C#CC3)n2)cn1. The molecular weight excluding hydrogens is 489 g/mol. The Hall–Kier alpha value is -3.58. The van der Waals surface area contributed by atoms with E-state index < -0.39 is 11.7 Å². The molecule has 0 unspecified atom stereocenters. The summed E-state index contributed by atoms with van der Waals surface area (Å²) in [7, 11) is 1.47. The molecule has 2 aromatic heterocycles. The first-order valence-corrected chi connectivity index (χ1v) is 12.1. The number of nitrogens with zero attached hydrogens (tertiary/aromatic N) is 3. The van der Waals surface area contributed by atoms with Gasteiger partial charge in [0.2, 0.25) is 0 Å². The van der Waals surface area contributed by atoms with Gasteiger partial charge in [-0.3, -0.25) is 0 Å². The second-order valence-corrected chi connectivity index (χ2v) is 9.05. The van der Waals surface area contributed by atoms with Crippen LogP contribution in [0.25, 0.3) is 11.3 Å². The van der Waals surface area contributed by atoms with Crippen molar-refractivity contribution in [3.05, 3.63) is 64.2 Å². The van der Waals surface area contributed by atoms with Crippen LogP contribution in [0, 0.1) is 11.8 Å². The summed E-state index contributed by atoms with van der Waals surface area (Å²) in [6, 6.07) is 0.230. The summed E-state index contributed by atoms with van der Waals surface area (Å²) < 4.78 is 52.0. The van der Waals surface area contributed by atoms with Gasteiger partial charge in [-0.1, -0.05) is 23.1 Å². The van der Waals surface area contributed by atoms with Crippen LogP contribution in [0.5, 0.6) is 6.01 Å². The molecule has 0 spiro atoms. The van der Waals surface area contributed by atoms with Gasteiger partial charge in [0.15, 0.2) is 10.9 Å². The van der Waals surface area contributed by atoms with Crippen molar-refractivity contribution in [3.8, 4) is 29.1 Å². The number of hydrogen-bond acceptors (Lipinski definition) is 7. The minimum absolute atomic E-state index is 0.0145. The fourth-order valence-corrected chi connectivity index (χ4v) is 3.85. The van der Waals surface area contributed by atoms with Crippen molar-refractivity contribution >= 4 is 16.5 Å². The van der Waals surface area contributed by atoms with E-state index in [-0.39, 0.29) is 30.5 Å². The minimum atomic E-state index is -4.63. The number of ether oxygens (including phenoxy) is 2. The molecule has 0 aromatic carbocycles. The van der Waals surface area contributed by atoms with E-state index in [1.807, 2.05) is 20.8 Å². The molecule has 0 saturated carbocycles. The highest BCUT2D eigenvalue weighted by Crippen LogP contribution is 2.33. The molecule has 6 nitrogen and oxygen atoms in total. The number of allylic oxidation sites excluding steroid dienone is 7. The van der Waals surface area contributed by atoms with E-state index in [9.17, 15) is 13.2 Å². The van der Waals surface area contributed by atoms with Crippen LogP contribution in [0.2, 0.25) is 0 Å². The Morgan fingerprint density at radius 3 is 2.61 bits per heavy atom. The van der Waals surface area contributed by atoms with Gasteiger partial charge in [-0.05, 0) is 51.7 Å². The van der Waals surface area contributed by atoms with Gasteiger partial charge in [0.25, 0.3) is 0 Å². The Balaban J connectivity index is 1.73. The lowest BCUT2D eigenvalue weighted by Gasteiger charge is -2.13. The number of hydrogen-bond donors (Lipinski definition) is 1. The molecular formula is C26H27F3N4O2S. The Bertz CT molecular complexity index is 1240. The average molecular weight is 517 g/mol. The lowest BCUT2D eigenvalue weighted by Crippen LogP contribution is -2.15. The van der Waals surface area contributed by atoms with Crippen LogP contribution in [0.4, 0.5) is 18.3 Å². The van der Waals surface area contributed by atoms with Gasteiger partial charge in [0.05, 0.1) is 12.8 Å². The van der Waals surface area contributed by atoms with Gasteiger partial charge >= 0.3 is 12.2 Å². The van der Waals surface area contributed by atoms with Crippen molar-refractivity contribution in [3.63, 3.8) is 0 Å². The maximum absolute atomic E-state index is 13.9. The molecule has 10 heteroatoms. The van der Waals surface area contributed by atoms with E-state index in [1.54, 1.807) is 23.8 Å². The van der Waals surface area contributed by atoms with Crippen molar-refractivity contribution in [2.75, 3.05) is 19.0 Å². The van der Waals surface area contributed by atoms with Crippen LogP contribution in [0.15, 0.2) is 64.2 Å². The predicted octanol–water partition coefficient (Wildman–Crippen LogP) is 6.84. The quantitative estimate of drug-likeness (QED) is 0.276. The van der Waals surface area contributed by atoms with Gasteiger partial charge < -0.3 is 14.8 Å². The molecule has 1 aliphatic carbocycles. The van der Waals surface area contributed by atoms with Crippen molar-refractivity contribution in [1.82, 2.24) is 15.0 Å². The van der Waals surface area contributed by atoms with Crippen LogP contribution in [-0.2, 0) is 4.74 Å². The first kappa shape index (κ1) is 27.0. The topological polar surface area (TPSA) is 69.2 Å². The molecule has 190 valence electrons. The highest BCUT2D eigenvalue weighted by atomic mass is 32.1. The number of aromatic nitrogens is 3. The number of halogens is 3. The molecule has 0 fully saturated rings. The largest absolute Gasteiger partial charge is 0.481 e. The molecule has 2 heterocycles. The van der Waals surface area contributed by atoms with E-state index in [0.717, 1.165) is 24.5 Å². The monoisotopic (exact) mass is 516 g/mol. The maximum atomic E-state index is 13.9. The summed E-state index contributed by atoms with van der Waals surface area (Å²) in [6.07, 6.45) is 5.21. The van der Waals surface area contributed by atoms with Crippen molar-refractivity contribution in [2.45, 2.75) is 46.2 Å². The Morgan fingerprint density at radius 1 is 1.19 bits per heavy atom. The van der Waals surface area contributed by atoms with Crippen LogP contribution >= 0.6 is 11.3 Å². The molecule has 0 aliphatic heterocycles. The normalized spacial score (nSPS) is 13.9. The molecule has 0 amide bonds. The molecule has 36 heavy (non-hydrogen) atoms. The summed E-state index contributed by atoms with van der Waals surface area (Å²) in [5.41, 5.74) is 2.87. The summed E-state index contributed by atoms with van der Waals surface area (Å²) in [4.78, 5) is 12.5. The van der Waals surface area contributed by atoms with Crippen molar-refractivity contribution in [1.29, 1.82) is 0 Å². The van der Waals surface area contributed by atoms with Gasteiger partial charge in [0.1, 0.15) is 12.2 Å². The zero-order valence-corrected chi connectivity index (χ0v) is 21.3. The van der Waals surface area contributed by atoms with Crippen LogP contribution in [-0.4, -0.2) is 34.8 Å². The van der Waals surface area contributed by atoms with E-state index in [0.29, 0.717) is 16.4 Å². The van der Waals surface area contributed by atoms with E-state index in [2.05, 4.69) is 38.2 Å². The molecule has 0 radical (unpaired) electrons. The van der Waals surface area contributed by atoms with Crippen molar-refractivity contribution in [2.24, 2.45) is 0 Å². The third-order valence-corrected chi connectivity index (χ3v) is 5.74.